The predicted molar refractivity (Wildman–Crippen MR) is 101 cm³/mol. The highest BCUT2D eigenvalue weighted by Gasteiger charge is 2.29. The maximum Gasteiger partial charge on any atom is 0.230 e. The smallest absolute Gasteiger partial charge is 0.230 e. The first kappa shape index (κ1) is 17.0. The molecule has 1 saturated carbocycles. The van der Waals surface area contributed by atoms with E-state index >= 15 is 0 Å². The number of allylic oxidation sites excluding steroid dienone is 1. The van der Waals surface area contributed by atoms with E-state index in [1.165, 1.54) is 6.20 Å². The first-order valence-corrected chi connectivity index (χ1v) is 8.30. The zero-order chi connectivity index (χ0) is 18.0. The van der Waals surface area contributed by atoms with Crippen LogP contribution in [0.5, 0.6) is 0 Å². The van der Waals surface area contributed by atoms with E-state index in [1.807, 2.05) is 32.0 Å². The molecule has 25 heavy (non-hydrogen) atoms. The summed E-state index contributed by atoms with van der Waals surface area (Å²) in [5.41, 5.74) is 10.9. The van der Waals surface area contributed by atoms with Gasteiger partial charge in [-0.1, -0.05) is 23.9 Å². The molecule has 1 aromatic heterocycles. The second kappa shape index (κ2) is 6.93. The Bertz CT molecular complexity index is 858. The number of hydrogen-bond acceptors (Lipinski definition) is 6. The van der Waals surface area contributed by atoms with Crippen LogP contribution in [0.3, 0.4) is 0 Å². The summed E-state index contributed by atoms with van der Waals surface area (Å²) in [5.74, 6) is 1.78. The highest BCUT2D eigenvalue weighted by atomic mass is 16.5. The lowest BCUT2D eigenvalue weighted by Crippen LogP contribution is -2.10. The van der Waals surface area contributed by atoms with Gasteiger partial charge < -0.3 is 15.6 Å². The number of hydrogen-bond donors (Lipinski definition) is 2. The molecule has 6 heteroatoms. The summed E-state index contributed by atoms with van der Waals surface area (Å²) >= 11 is 0. The zero-order valence-corrected chi connectivity index (χ0v) is 14.8. The quantitative estimate of drug-likeness (QED) is 0.618. The molecule has 2 aromatic rings. The van der Waals surface area contributed by atoms with Crippen molar-refractivity contribution in [2.75, 3.05) is 12.4 Å². The number of benzene rings is 1. The average molecular weight is 337 g/mol. The molecule has 1 aliphatic carbocycles. The van der Waals surface area contributed by atoms with Crippen molar-refractivity contribution in [1.82, 2.24) is 10.1 Å². The van der Waals surface area contributed by atoms with Gasteiger partial charge in [0.05, 0.1) is 0 Å². The lowest BCUT2D eigenvalue weighted by atomic mass is 10.1. The SMILES string of the molecule is C=C(Nc1cc(-c2noc(C3CC3)n2)ccc1C)/C(=C/N)C(C)=NC. The van der Waals surface area contributed by atoms with E-state index in [-0.39, 0.29) is 0 Å². The minimum Gasteiger partial charge on any atom is -0.404 e. The van der Waals surface area contributed by atoms with Crippen molar-refractivity contribution >= 4 is 11.4 Å². The predicted octanol–water partition coefficient (Wildman–Crippen LogP) is 3.78. The lowest BCUT2D eigenvalue weighted by molar-refractivity contribution is 0.380. The van der Waals surface area contributed by atoms with Crippen LogP contribution in [0.25, 0.3) is 11.4 Å². The van der Waals surface area contributed by atoms with Gasteiger partial charge in [0.15, 0.2) is 0 Å². The third kappa shape index (κ3) is 3.63. The van der Waals surface area contributed by atoms with Gasteiger partial charge in [-0.15, -0.1) is 0 Å². The highest BCUT2D eigenvalue weighted by Crippen LogP contribution is 2.39. The fourth-order valence-corrected chi connectivity index (χ4v) is 2.53. The normalized spacial score (nSPS) is 15.3. The summed E-state index contributed by atoms with van der Waals surface area (Å²) < 4.78 is 5.36. The molecular formula is C19H23N5O. The number of nitrogens with two attached hydrogens (primary N) is 1. The Balaban J connectivity index is 1.85. The fourth-order valence-electron chi connectivity index (χ4n) is 2.53. The largest absolute Gasteiger partial charge is 0.404 e. The van der Waals surface area contributed by atoms with E-state index in [9.17, 15) is 0 Å². The molecule has 0 bridgehead atoms. The van der Waals surface area contributed by atoms with E-state index in [1.54, 1.807) is 7.05 Å². The van der Waals surface area contributed by atoms with Gasteiger partial charge in [0.1, 0.15) is 0 Å². The van der Waals surface area contributed by atoms with E-state index in [2.05, 4.69) is 27.0 Å². The maximum absolute atomic E-state index is 5.72. The van der Waals surface area contributed by atoms with Gasteiger partial charge in [0, 0.05) is 47.4 Å². The van der Waals surface area contributed by atoms with Crippen LogP contribution in [0.2, 0.25) is 0 Å². The number of aliphatic imine (C=N–C) groups is 1. The number of nitrogens with zero attached hydrogens (tertiary/aromatic N) is 3. The third-order valence-corrected chi connectivity index (χ3v) is 4.37. The number of nitrogens with one attached hydrogen (secondary N) is 1. The number of aromatic nitrogens is 2. The molecule has 3 rings (SSSR count). The molecule has 3 N–H and O–H groups in total. The molecule has 6 nitrogen and oxygen atoms in total. The van der Waals surface area contributed by atoms with Crippen molar-refractivity contribution in [3.8, 4) is 11.4 Å². The lowest BCUT2D eigenvalue weighted by Gasteiger charge is -2.15. The number of aryl methyl sites for hydroxylation is 1. The Hall–Kier alpha value is -2.89. The number of anilines is 1. The summed E-state index contributed by atoms with van der Waals surface area (Å²) in [4.78, 5) is 8.68. The Kier molecular flexibility index (Phi) is 4.70. The van der Waals surface area contributed by atoms with Crippen LogP contribution >= 0.6 is 0 Å². The molecule has 1 aromatic carbocycles. The van der Waals surface area contributed by atoms with Gasteiger partial charge in [0.25, 0.3) is 0 Å². The average Bonchev–Trinajstić information content (AvgIpc) is 3.34. The summed E-state index contributed by atoms with van der Waals surface area (Å²) in [6.07, 6.45) is 3.78. The molecule has 0 spiro atoms. The minimum absolute atomic E-state index is 0.442. The summed E-state index contributed by atoms with van der Waals surface area (Å²) in [5, 5.41) is 7.42. The van der Waals surface area contributed by atoms with Crippen molar-refractivity contribution in [3.63, 3.8) is 0 Å². The molecule has 1 fully saturated rings. The molecule has 1 aliphatic rings. The van der Waals surface area contributed by atoms with Gasteiger partial charge >= 0.3 is 0 Å². The molecule has 0 atom stereocenters. The monoisotopic (exact) mass is 337 g/mol. The highest BCUT2D eigenvalue weighted by molar-refractivity contribution is 6.02. The van der Waals surface area contributed by atoms with Crippen molar-refractivity contribution in [2.24, 2.45) is 10.7 Å². The topological polar surface area (TPSA) is 89.3 Å². The molecule has 1 heterocycles. The van der Waals surface area contributed by atoms with Gasteiger partial charge in [-0.3, -0.25) is 4.99 Å². The fraction of sp³-hybridized carbons (Fsp3) is 0.316. The van der Waals surface area contributed by atoms with Crippen LogP contribution in [-0.2, 0) is 0 Å². The van der Waals surface area contributed by atoms with Crippen LogP contribution in [0.15, 0.2) is 51.8 Å². The molecular weight excluding hydrogens is 314 g/mol. The van der Waals surface area contributed by atoms with Gasteiger partial charge in [-0.05, 0) is 38.3 Å². The van der Waals surface area contributed by atoms with E-state index in [0.717, 1.165) is 46.8 Å². The summed E-state index contributed by atoms with van der Waals surface area (Å²) in [6.45, 7) is 8.00. The van der Waals surface area contributed by atoms with Crippen LogP contribution in [0.4, 0.5) is 5.69 Å². The van der Waals surface area contributed by atoms with Gasteiger partial charge in [0.2, 0.25) is 11.7 Å². The standard InChI is InChI=1S/C19H23N5O/c1-11-5-6-15(18-23-19(25-24-18)14-7-8-14)9-17(11)22-13(3)16(10-20)12(2)21-4/h5-6,9-10,14,22H,3,7-8,20H2,1-2,4H3/b16-10+,21-12?. The molecule has 0 aliphatic heterocycles. The Morgan fingerprint density at radius 2 is 2.20 bits per heavy atom. The van der Waals surface area contributed by atoms with Crippen molar-refractivity contribution in [3.05, 3.63) is 53.7 Å². The molecule has 0 saturated heterocycles. The van der Waals surface area contributed by atoms with E-state index in [4.69, 9.17) is 10.3 Å². The molecule has 130 valence electrons. The van der Waals surface area contributed by atoms with Crippen molar-refractivity contribution in [2.45, 2.75) is 32.6 Å². The van der Waals surface area contributed by atoms with Gasteiger partial charge in [-0.2, -0.15) is 4.98 Å². The van der Waals surface area contributed by atoms with Crippen molar-refractivity contribution in [1.29, 1.82) is 0 Å². The minimum atomic E-state index is 0.442. The van der Waals surface area contributed by atoms with Crippen LogP contribution in [0, 0.1) is 6.92 Å². The summed E-state index contributed by atoms with van der Waals surface area (Å²) in [6, 6.07) is 6.00. The number of rotatable bonds is 6. The Labute approximate surface area is 147 Å². The second-order valence-electron chi connectivity index (χ2n) is 6.25. The third-order valence-electron chi connectivity index (χ3n) is 4.37. The molecule has 0 unspecified atom stereocenters. The zero-order valence-electron chi connectivity index (χ0n) is 14.8. The summed E-state index contributed by atoms with van der Waals surface area (Å²) in [7, 11) is 1.73. The second-order valence-corrected chi connectivity index (χ2v) is 6.25. The Morgan fingerprint density at radius 1 is 1.44 bits per heavy atom. The first-order valence-electron chi connectivity index (χ1n) is 8.30. The molecule has 0 amide bonds. The maximum atomic E-state index is 5.72. The Morgan fingerprint density at radius 3 is 2.84 bits per heavy atom. The van der Waals surface area contributed by atoms with E-state index < -0.39 is 0 Å². The van der Waals surface area contributed by atoms with Gasteiger partial charge in [-0.25, -0.2) is 0 Å². The van der Waals surface area contributed by atoms with Crippen LogP contribution in [0.1, 0.15) is 37.1 Å². The van der Waals surface area contributed by atoms with Crippen LogP contribution in [-0.4, -0.2) is 22.9 Å². The van der Waals surface area contributed by atoms with Crippen LogP contribution < -0.4 is 11.1 Å². The molecule has 0 radical (unpaired) electrons. The first-order chi connectivity index (χ1) is 12.0. The van der Waals surface area contributed by atoms with Crippen molar-refractivity contribution < 1.29 is 4.52 Å². The van der Waals surface area contributed by atoms with E-state index in [0.29, 0.717) is 17.4 Å².